The molecule has 0 radical (unpaired) electrons. The Morgan fingerprint density at radius 1 is 1.12 bits per heavy atom. The fourth-order valence-corrected chi connectivity index (χ4v) is 4.14. The summed E-state index contributed by atoms with van der Waals surface area (Å²) in [6, 6.07) is 5.42. The fraction of sp³-hybridized carbons (Fsp3) is 0.520. The lowest BCUT2D eigenvalue weighted by molar-refractivity contribution is -0.137. The van der Waals surface area contributed by atoms with E-state index in [0.717, 1.165) is 42.3 Å². The zero-order chi connectivity index (χ0) is 24.6. The molecule has 0 saturated carbocycles. The van der Waals surface area contributed by atoms with Gasteiger partial charge in [0.15, 0.2) is 5.78 Å². The van der Waals surface area contributed by atoms with E-state index in [-0.39, 0.29) is 24.5 Å². The molecule has 33 heavy (non-hydrogen) atoms. The van der Waals surface area contributed by atoms with E-state index < -0.39 is 18.6 Å². The number of aliphatic carboxylic acids is 1. The van der Waals surface area contributed by atoms with Crippen LogP contribution in [-0.2, 0) is 18.3 Å². The van der Waals surface area contributed by atoms with Gasteiger partial charge >= 0.3 is 12.1 Å². The standard InChI is InChI=1S/C25H29ClF3NO3/c1-17(15-23(32)33)14-22(31)24-19-16-18(26)11-12-20(19)30(2)21(24)10-8-6-4-3-5-7-9-13-25(27,28)29/h11-12,16-17H,3-6,8,10,13-15H2,1-2H3,(H,32,33)/t17-/m0/s1. The Balaban J connectivity index is 2.05. The van der Waals surface area contributed by atoms with Crippen molar-refractivity contribution in [2.24, 2.45) is 13.0 Å². The summed E-state index contributed by atoms with van der Waals surface area (Å²) in [5, 5.41) is 10.3. The molecule has 4 nitrogen and oxygen atoms in total. The van der Waals surface area contributed by atoms with Gasteiger partial charge in [-0.25, -0.2) is 0 Å². The van der Waals surface area contributed by atoms with Crippen LogP contribution < -0.4 is 0 Å². The van der Waals surface area contributed by atoms with Gasteiger partial charge in [0.1, 0.15) is 6.42 Å². The summed E-state index contributed by atoms with van der Waals surface area (Å²) in [5.74, 6) is 3.41. The first-order chi connectivity index (χ1) is 15.5. The van der Waals surface area contributed by atoms with Crippen molar-refractivity contribution in [2.75, 3.05) is 0 Å². The maximum Gasteiger partial charge on any atom is 0.399 e. The number of carboxylic acids is 1. The summed E-state index contributed by atoms with van der Waals surface area (Å²) in [4.78, 5) is 24.2. The Hall–Kier alpha value is -2.46. The van der Waals surface area contributed by atoms with E-state index in [0.29, 0.717) is 23.4 Å². The number of hydrogen-bond donors (Lipinski definition) is 1. The average molecular weight is 484 g/mol. The maximum atomic E-state index is 13.2. The molecule has 0 spiro atoms. The molecule has 8 heteroatoms. The van der Waals surface area contributed by atoms with Crippen molar-refractivity contribution < 1.29 is 27.9 Å². The Morgan fingerprint density at radius 3 is 2.48 bits per heavy atom. The maximum absolute atomic E-state index is 13.2. The number of unbranched alkanes of at least 4 members (excludes halogenated alkanes) is 4. The van der Waals surface area contributed by atoms with Crippen molar-refractivity contribution in [3.63, 3.8) is 0 Å². The molecule has 1 atom stereocenters. The number of aryl methyl sites for hydroxylation is 1. The molecule has 0 bridgehead atoms. The van der Waals surface area contributed by atoms with Crippen molar-refractivity contribution in [1.82, 2.24) is 4.57 Å². The van der Waals surface area contributed by atoms with Crippen molar-refractivity contribution in [3.05, 3.63) is 34.5 Å². The van der Waals surface area contributed by atoms with E-state index in [9.17, 15) is 22.8 Å². The number of carboxylic acid groups (broad SMARTS) is 1. The molecule has 0 aliphatic heterocycles. The third-order valence-corrected chi connectivity index (χ3v) is 5.73. The van der Waals surface area contributed by atoms with Crippen LogP contribution in [0.5, 0.6) is 0 Å². The summed E-state index contributed by atoms with van der Waals surface area (Å²) < 4.78 is 38.2. The van der Waals surface area contributed by atoms with E-state index >= 15 is 0 Å². The minimum atomic E-state index is -4.24. The third kappa shape index (κ3) is 8.43. The second-order valence-corrected chi connectivity index (χ2v) is 8.87. The fourth-order valence-electron chi connectivity index (χ4n) is 3.97. The number of nitrogens with zero attached hydrogens (tertiary/aromatic N) is 1. The van der Waals surface area contributed by atoms with Crippen LogP contribution in [0.15, 0.2) is 18.2 Å². The molecule has 0 fully saturated rings. The number of Topliss-reactive ketones (excluding diaryl/α,β-unsaturated/α-hetero) is 1. The van der Waals surface area contributed by atoms with E-state index in [4.69, 9.17) is 16.7 Å². The van der Waals surface area contributed by atoms with E-state index in [1.165, 1.54) is 0 Å². The van der Waals surface area contributed by atoms with Crippen LogP contribution in [0.1, 0.15) is 74.3 Å². The number of ketones is 1. The summed E-state index contributed by atoms with van der Waals surface area (Å²) in [7, 11) is 1.90. The molecular weight excluding hydrogens is 455 g/mol. The van der Waals surface area contributed by atoms with Crippen LogP contribution in [0.2, 0.25) is 5.02 Å². The van der Waals surface area contributed by atoms with E-state index in [1.54, 1.807) is 19.1 Å². The zero-order valence-corrected chi connectivity index (χ0v) is 19.7. The number of fused-ring (bicyclic) bond motifs is 1. The summed E-state index contributed by atoms with van der Waals surface area (Å²) in [6.45, 7) is 1.75. The lowest BCUT2D eigenvalue weighted by Crippen LogP contribution is -2.12. The summed E-state index contributed by atoms with van der Waals surface area (Å²) in [6.07, 6.45) is -0.879. The third-order valence-electron chi connectivity index (χ3n) is 5.50. The Labute approximate surface area is 197 Å². The van der Waals surface area contributed by atoms with Gasteiger partial charge in [-0.05, 0) is 43.4 Å². The molecule has 0 saturated heterocycles. The molecule has 0 aliphatic rings. The second-order valence-electron chi connectivity index (χ2n) is 8.43. The largest absolute Gasteiger partial charge is 0.481 e. The highest BCUT2D eigenvalue weighted by Gasteiger charge is 2.25. The van der Waals surface area contributed by atoms with Gasteiger partial charge in [0.2, 0.25) is 0 Å². The molecule has 0 unspecified atom stereocenters. The van der Waals surface area contributed by atoms with Crippen LogP contribution in [0.4, 0.5) is 13.2 Å². The number of hydrogen-bond acceptors (Lipinski definition) is 2. The zero-order valence-electron chi connectivity index (χ0n) is 18.9. The number of carbonyl (C=O) groups is 2. The summed E-state index contributed by atoms with van der Waals surface area (Å²) in [5.41, 5.74) is 2.39. The lowest BCUT2D eigenvalue weighted by atomic mass is 9.94. The monoisotopic (exact) mass is 483 g/mol. The number of rotatable bonds is 11. The van der Waals surface area contributed by atoms with Gasteiger partial charge in [0, 0.05) is 53.5 Å². The van der Waals surface area contributed by atoms with E-state index in [2.05, 4.69) is 11.8 Å². The van der Waals surface area contributed by atoms with Crippen molar-refractivity contribution >= 4 is 34.3 Å². The number of benzene rings is 1. The highest BCUT2D eigenvalue weighted by atomic mass is 35.5. The Kier molecular flexibility index (Phi) is 9.85. The van der Waals surface area contributed by atoms with Gasteiger partial charge in [-0.2, -0.15) is 13.2 Å². The van der Waals surface area contributed by atoms with Gasteiger partial charge in [-0.3, -0.25) is 9.59 Å². The molecule has 1 aromatic carbocycles. The van der Waals surface area contributed by atoms with Gasteiger partial charge in [0.05, 0.1) is 0 Å². The van der Waals surface area contributed by atoms with Crippen LogP contribution >= 0.6 is 11.6 Å². The molecule has 2 rings (SSSR count). The van der Waals surface area contributed by atoms with Gasteiger partial charge < -0.3 is 9.67 Å². The molecule has 1 N–H and O–H groups in total. The normalized spacial score (nSPS) is 12.4. The minimum absolute atomic E-state index is 0.0710. The van der Waals surface area contributed by atoms with Crippen LogP contribution in [0, 0.1) is 17.8 Å². The first-order valence-corrected chi connectivity index (χ1v) is 11.4. The van der Waals surface area contributed by atoms with Crippen LogP contribution in [-0.4, -0.2) is 27.6 Å². The number of aromatic nitrogens is 1. The Bertz CT molecular complexity index is 1050. The van der Waals surface area contributed by atoms with Crippen LogP contribution in [0.25, 0.3) is 10.9 Å². The van der Waals surface area contributed by atoms with E-state index in [1.807, 2.05) is 17.7 Å². The minimum Gasteiger partial charge on any atom is -0.481 e. The van der Waals surface area contributed by atoms with Crippen molar-refractivity contribution in [3.8, 4) is 11.8 Å². The molecule has 0 aliphatic carbocycles. The summed E-state index contributed by atoms with van der Waals surface area (Å²) >= 11 is 6.18. The second kappa shape index (κ2) is 12.1. The van der Waals surface area contributed by atoms with Crippen LogP contribution in [0.3, 0.4) is 0 Å². The Morgan fingerprint density at radius 2 is 1.82 bits per heavy atom. The topological polar surface area (TPSA) is 59.3 Å². The molecule has 1 aromatic heterocycles. The van der Waals surface area contributed by atoms with Crippen molar-refractivity contribution in [2.45, 2.75) is 70.9 Å². The SMILES string of the molecule is C[C@H](CC(=O)O)CC(=O)c1c(CCCCCCC#CCC(F)(F)F)n(C)c2ccc(Cl)cc12. The number of halogens is 4. The smallest absolute Gasteiger partial charge is 0.399 e. The molecule has 2 aromatic rings. The first-order valence-electron chi connectivity index (χ1n) is 11.0. The predicted molar refractivity (Wildman–Crippen MR) is 124 cm³/mol. The quantitative estimate of drug-likeness (QED) is 0.213. The van der Waals surface area contributed by atoms with Gasteiger partial charge in [0.25, 0.3) is 0 Å². The number of carbonyl (C=O) groups excluding carboxylic acids is 1. The van der Waals surface area contributed by atoms with Gasteiger partial charge in [-0.15, -0.1) is 5.92 Å². The highest BCUT2D eigenvalue weighted by Crippen LogP contribution is 2.31. The molecule has 1 heterocycles. The first kappa shape index (κ1) is 26.8. The number of alkyl halides is 3. The predicted octanol–water partition coefficient (Wildman–Crippen LogP) is 6.96. The average Bonchev–Trinajstić information content (AvgIpc) is 2.96. The van der Waals surface area contributed by atoms with Gasteiger partial charge in [-0.1, -0.05) is 37.3 Å². The molecule has 0 amide bonds. The lowest BCUT2D eigenvalue weighted by Gasteiger charge is -2.10. The molecule has 180 valence electrons. The highest BCUT2D eigenvalue weighted by molar-refractivity contribution is 6.31. The molecular formula is C25H29ClF3NO3. The van der Waals surface area contributed by atoms with Crippen molar-refractivity contribution in [1.29, 1.82) is 0 Å².